The van der Waals surface area contributed by atoms with Crippen molar-refractivity contribution in [1.29, 1.82) is 0 Å². The lowest BCUT2D eigenvalue weighted by molar-refractivity contribution is -0.142. The molecule has 0 radical (unpaired) electrons. The van der Waals surface area contributed by atoms with E-state index in [0.717, 1.165) is 47.8 Å². The zero-order valence-corrected chi connectivity index (χ0v) is 24.4. The summed E-state index contributed by atoms with van der Waals surface area (Å²) in [7, 11) is 5.05. The lowest BCUT2D eigenvalue weighted by Crippen LogP contribution is -2.36. The number of aryl methyl sites for hydroxylation is 1. The molecule has 1 aliphatic rings. The van der Waals surface area contributed by atoms with E-state index in [1.54, 1.807) is 17.4 Å². The summed E-state index contributed by atoms with van der Waals surface area (Å²) in [5.41, 5.74) is 10.0. The van der Waals surface area contributed by atoms with Crippen molar-refractivity contribution in [3.8, 4) is 17.0 Å². The van der Waals surface area contributed by atoms with Crippen LogP contribution in [0, 0.1) is 0 Å². The Balaban J connectivity index is 1.72. The third kappa shape index (κ3) is 6.74. The molecule has 1 unspecified atom stereocenters. The van der Waals surface area contributed by atoms with Crippen molar-refractivity contribution in [2.75, 3.05) is 33.9 Å². The van der Waals surface area contributed by atoms with Crippen LogP contribution in [0.1, 0.15) is 66.8 Å². The van der Waals surface area contributed by atoms with Gasteiger partial charge in [0, 0.05) is 42.7 Å². The Morgan fingerprint density at radius 2 is 1.88 bits per heavy atom. The molecule has 1 aromatic heterocycles. The Kier molecular flexibility index (Phi) is 10.4. The summed E-state index contributed by atoms with van der Waals surface area (Å²) in [4.78, 5) is 24.9. The van der Waals surface area contributed by atoms with Gasteiger partial charge in [-0.05, 0) is 68.0 Å². The van der Waals surface area contributed by atoms with Gasteiger partial charge in [0.05, 0.1) is 12.8 Å². The summed E-state index contributed by atoms with van der Waals surface area (Å²) in [5, 5.41) is 1.09. The topological polar surface area (TPSA) is 116 Å². The predicted octanol–water partition coefficient (Wildman–Crippen LogP) is 4.42. The SMILES string of the molecule is COC(=O)COc1ccccc1-c1c(C2CCCCC2)c2ccc(C(=O)NS(=O)N(C)CCCCN)cc2n1C. The molecule has 0 aliphatic heterocycles. The summed E-state index contributed by atoms with van der Waals surface area (Å²) < 4.78 is 29.7. The van der Waals surface area contributed by atoms with Crippen molar-refractivity contribution in [3.05, 3.63) is 53.6 Å². The van der Waals surface area contributed by atoms with Crippen LogP contribution in [0.2, 0.25) is 0 Å². The van der Waals surface area contributed by atoms with Crippen LogP contribution in [0.15, 0.2) is 42.5 Å². The zero-order valence-electron chi connectivity index (χ0n) is 23.6. The molecule has 1 amide bonds. The highest BCUT2D eigenvalue weighted by Crippen LogP contribution is 2.45. The number of hydrogen-bond donors (Lipinski definition) is 2. The molecule has 0 saturated heterocycles. The second-order valence-electron chi connectivity index (χ2n) is 10.3. The van der Waals surface area contributed by atoms with E-state index in [-0.39, 0.29) is 6.61 Å². The number of nitrogens with two attached hydrogens (primary N) is 1. The normalized spacial score (nSPS) is 14.8. The maximum absolute atomic E-state index is 13.1. The number of aromatic nitrogens is 1. The molecule has 0 spiro atoms. The highest BCUT2D eigenvalue weighted by Gasteiger charge is 2.27. The number of unbranched alkanes of at least 4 members (excludes halogenated alkanes) is 1. The quantitative estimate of drug-likeness (QED) is 0.247. The average molecular weight is 569 g/mol. The van der Waals surface area contributed by atoms with Crippen LogP contribution in [0.25, 0.3) is 22.2 Å². The fourth-order valence-electron chi connectivity index (χ4n) is 5.50. The van der Waals surface area contributed by atoms with Gasteiger partial charge in [-0.15, -0.1) is 0 Å². The number of amides is 1. The maximum atomic E-state index is 13.1. The first-order valence-corrected chi connectivity index (χ1v) is 15.0. The molecule has 1 saturated carbocycles. The van der Waals surface area contributed by atoms with E-state index < -0.39 is 23.0 Å². The van der Waals surface area contributed by atoms with E-state index in [2.05, 4.69) is 9.29 Å². The summed E-state index contributed by atoms with van der Waals surface area (Å²) >= 11 is -1.65. The molecular formula is C30H40N4O5S. The number of ether oxygens (including phenoxy) is 2. The summed E-state index contributed by atoms with van der Waals surface area (Å²) in [6.45, 7) is 0.973. The lowest BCUT2D eigenvalue weighted by atomic mass is 9.81. The number of fused-ring (bicyclic) bond motifs is 1. The zero-order chi connectivity index (χ0) is 28.6. The Morgan fingerprint density at radius 3 is 2.60 bits per heavy atom. The Labute approximate surface area is 238 Å². The molecule has 216 valence electrons. The summed E-state index contributed by atoms with van der Waals surface area (Å²) in [5.74, 6) is 0.129. The number of rotatable bonds is 12. The Hall–Kier alpha value is -3.21. The van der Waals surface area contributed by atoms with E-state index in [4.69, 9.17) is 15.2 Å². The van der Waals surface area contributed by atoms with Gasteiger partial charge in [0.25, 0.3) is 5.91 Å². The summed E-state index contributed by atoms with van der Waals surface area (Å²) in [6, 6.07) is 13.4. The molecule has 2 aromatic carbocycles. The highest BCUT2D eigenvalue weighted by molar-refractivity contribution is 7.81. The van der Waals surface area contributed by atoms with Gasteiger partial charge in [0.1, 0.15) is 5.75 Å². The van der Waals surface area contributed by atoms with E-state index >= 15 is 0 Å². The minimum atomic E-state index is -1.65. The number of esters is 1. The molecular weight excluding hydrogens is 528 g/mol. The standard InChI is InChI=1S/C30H40N4O5S/c1-33(18-10-9-17-31)40(37)32-30(36)22-15-16-23-25(19-22)34(2)29(28(23)21-11-5-4-6-12-21)24-13-7-8-14-26(24)39-20-27(35)38-3/h7-8,13-16,19,21H,4-6,9-12,17-18,20,31H2,1-3H3,(H,32,36). The average Bonchev–Trinajstić information content (AvgIpc) is 3.27. The predicted molar refractivity (Wildman–Crippen MR) is 158 cm³/mol. The monoisotopic (exact) mass is 568 g/mol. The van der Waals surface area contributed by atoms with Crippen molar-refractivity contribution < 1.29 is 23.3 Å². The molecule has 1 atom stereocenters. The fourth-order valence-corrected chi connectivity index (χ4v) is 6.23. The lowest BCUT2D eigenvalue weighted by Gasteiger charge is -2.24. The van der Waals surface area contributed by atoms with Gasteiger partial charge in [-0.25, -0.2) is 13.3 Å². The van der Waals surface area contributed by atoms with Crippen molar-refractivity contribution in [3.63, 3.8) is 0 Å². The molecule has 0 bridgehead atoms. The van der Waals surface area contributed by atoms with Gasteiger partial charge >= 0.3 is 5.97 Å². The van der Waals surface area contributed by atoms with E-state index in [0.29, 0.717) is 30.3 Å². The summed E-state index contributed by atoms with van der Waals surface area (Å²) in [6.07, 6.45) is 7.41. The van der Waals surface area contributed by atoms with E-state index in [9.17, 15) is 13.8 Å². The minimum absolute atomic E-state index is 0.182. The van der Waals surface area contributed by atoms with Gasteiger partial charge in [-0.1, -0.05) is 37.5 Å². The van der Waals surface area contributed by atoms with Crippen molar-refractivity contribution in [2.45, 2.75) is 50.9 Å². The van der Waals surface area contributed by atoms with E-state index in [1.165, 1.54) is 31.9 Å². The van der Waals surface area contributed by atoms with Gasteiger partial charge in [-0.3, -0.25) is 9.52 Å². The van der Waals surface area contributed by atoms with Crippen LogP contribution in [0.4, 0.5) is 0 Å². The van der Waals surface area contributed by atoms with Crippen LogP contribution >= 0.6 is 0 Å². The van der Waals surface area contributed by atoms with Crippen molar-refractivity contribution in [1.82, 2.24) is 13.6 Å². The van der Waals surface area contributed by atoms with Gasteiger partial charge in [0.15, 0.2) is 17.8 Å². The Morgan fingerprint density at radius 1 is 1.12 bits per heavy atom. The number of para-hydroxylation sites is 1. The van der Waals surface area contributed by atoms with Crippen LogP contribution in [-0.2, 0) is 27.8 Å². The smallest absolute Gasteiger partial charge is 0.343 e. The molecule has 1 aliphatic carbocycles. The number of benzene rings is 2. The largest absolute Gasteiger partial charge is 0.481 e. The number of nitrogens with zero attached hydrogens (tertiary/aromatic N) is 2. The van der Waals surface area contributed by atoms with Crippen LogP contribution in [-0.4, -0.2) is 58.8 Å². The van der Waals surface area contributed by atoms with Crippen molar-refractivity contribution >= 4 is 34.0 Å². The fraction of sp³-hybridized carbons (Fsp3) is 0.467. The number of carbonyl (C=O) groups excluding carboxylic acids is 2. The molecule has 1 fully saturated rings. The first-order valence-electron chi connectivity index (χ1n) is 13.9. The molecule has 40 heavy (non-hydrogen) atoms. The minimum Gasteiger partial charge on any atom is -0.481 e. The van der Waals surface area contributed by atoms with Crippen molar-refractivity contribution in [2.24, 2.45) is 12.8 Å². The number of methoxy groups -OCH3 is 1. The Bertz CT molecular complexity index is 1370. The third-order valence-corrected chi connectivity index (χ3v) is 8.73. The molecule has 10 heteroatoms. The molecule has 3 N–H and O–H groups in total. The highest BCUT2D eigenvalue weighted by atomic mass is 32.2. The molecule has 4 rings (SSSR count). The van der Waals surface area contributed by atoms with Crippen LogP contribution in [0.5, 0.6) is 5.75 Å². The van der Waals surface area contributed by atoms with E-state index in [1.807, 2.05) is 43.4 Å². The number of hydrogen-bond acceptors (Lipinski definition) is 6. The third-order valence-electron chi connectivity index (χ3n) is 7.62. The first kappa shape index (κ1) is 29.8. The second kappa shape index (κ2) is 13.9. The number of carbonyl (C=O) groups is 2. The molecule has 3 aromatic rings. The van der Waals surface area contributed by atoms with Gasteiger partial charge < -0.3 is 19.8 Å². The first-order chi connectivity index (χ1) is 19.3. The molecule has 1 heterocycles. The number of nitrogens with one attached hydrogen (secondary N) is 1. The maximum Gasteiger partial charge on any atom is 0.343 e. The van der Waals surface area contributed by atoms with Crippen LogP contribution in [0.3, 0.4) is 0 Å². The second-order valence-corrected chi connectivity index (χ2v) is 11.6. The van der Waals surface area contributed by atoms with Gasteiger partial charge in [-0.2, -0.15) is 0 Å². The van der Waals surface area contributed by atoms with Crippen LogP contribution < -0.4 is 15.2 Å². The van der Waals surface area contributed by atoms with Gasteiger partial charge in [0.2, 0.25) is 0 Å². The molecule has 9 nitrogen and oxygen atoms in total.